The molecular formula is C19H32N4. The van der Waals surface area contributed by atoms with Gasteiger partial charge in [-0.05, 0) is 51.7 Å². The molecule has 2 saturated heterocycles. The lowest BCUT2D eigenvalue weighted by atomic mass is 10.0. The van der Waals surface area contributed by atoms with E-state index in [1.165, 1.54) is 25.9 Å². The molecule has 0 amide bonds. The van der Waals surface area contributed by atoms with Gasteiger partial charge in [0.15, 0.2) is 0 Å². The van der Waals surface area contributed by atoms with Crippen molar-refractivity contribution in [1.82, 2.24) is 15.2 Å². The lowest BCUT2D eigenvalue weighted by Gasteiger charge is -2.35. The van der Waals surface area contributed by atoms with Gasteiger partial charge in [-0.1, -0.05) is 13.0 Å². The largest absolute Gasteiger partial charge is 0.356 e. The third kappa shape index (κ3) is 4.04. The molecule has 128 valence electrons. The van der Waals surface area contributed by atoms with Crippen molar-refractivity contribution in [2.45, 2.75) is 58.7 Å². The van der Waals surface area contributed by atoms with Crippen molar-refractivity contribution in [2.24, 2.45) is 5.92 Å². The van der Waals surface area contributed by atoms with E-state index in [2.05, 4.69) is 66.0 Å². The molecule has 2 aliphatic heterocycles. The van der Waals surface area contributed by atoms with Crippen LogP contribution in [0.15, 0.2) is 18.2 Å². The molecule has 1 N–H and O–H groups in total. The van der Waals surface area contributed by atoms with Crippen LogP contribution in [0.3, 0.4) is 0 Å². The van der Waals surface area contributed by atoms with Crippen molar-refractivity contribution in [3.05, 3.63) is 23.9 Å². The van der Waals surface area contributed by atoms with E-state index in [4.69, 9.17) is 0 Å². The number of aryl methyl sites for hydroxylation is 1. The van der Waals surface area contributed by atoms with Gasteiger partial charge in [0.2, 0.25) is 0 Å². The fraction of sp³-hybridized carbons (Fsp3) is 0.737. The highest BCUT2D eigenvalue weighted by atomic mass is 15.2. The molecule has 0 radical (unpaired) electrons. The van der Waals surface area contributed by atoms with Crippen LogP contribution in [-0.4, -0.2) is 54.2 Å². The lowest BCUT2D eigenvalue weighted by Crippen LogP contribution is -2.48. The molecule has 0 bridgehead atoms. The molecular weight excluding hydrogens is 284 g/mol. The number of rotatable bonds is 4. The van der Waals surface area contributed by atoms with Gasteiger partial charge in [-0.25, -0.2) is 4.98 Å². The van der Waals surface area contributed by atoms with Crippen LogP contribution in [0.5, 0.6) is 0 Å². The summed E-state index contributed by atoms with van der Waals surface area (Å²) in [4.78, 5) is 9.70. The zero-order valence-electron chi connectivity index (χ0n) is 15.1. The highest BCUT2D eigenvalue weighted by Crippen LogP contribution is 2.22. The fourth-order valence-electron chi connectivity index (χ4n) is 3.93. The molecule has 0 unspecified atom stereocenters. The van der Waals surface area contributed by atoms with E-state index >= 15 is 0 Å². The van der Waals surface area contributed by atoms with Gasteiger partial charge in [-0.2, -0.15) is 0 Å². The van der Waals surface area contributed by atoms with Gasteiger partial charge in [0.25, 0.3) is 0 Å². The lowest BCUT2D eigenvalue weighted by molar-refractivity contribution is 0.260. The van der Waals surface area contributed by atoms with Crippen molar-refractivity contribution in [2.75, 3.05) is 31.1 Å². The normalized spacial score (nSPS) is 27.1. The van der Waals surface area contributed by atoms with Gasteiger partial charge < -0.3 is 10.2 Å². The van der Waals surface area contributed by atoms with E-state index in [1.54, 1.807) is 0 Å². The molecule has 2 fully saturated rings. The van der Waals surface area contributed by atoms with Gasteiger partial charge in [0.05, 0.1) is 0 Å². The molecule has 0 aliphatic carbocycles. The molecule has 3 heterocycles. The van der Waals surface area contributed by atoms with Crippen LogP contribution in [0.1, 0.15) is 39.3 Å². The number of nitrogens with zero attached hydrogens (tertiary/aromatic N) is 3. The Kier molecular flexibility index (Phi) is 5.22. The predicted octanol–water partition coefficient (Wildman–Crippen LogP) is 2.68. The second kappa shape index (κ2) is 7.18. The molecule has 2 aliphatic rings. The topological polar surface area (TPSA) is 31.4 Å². The van der Waals surface area contributed by atoms with Crippen LogP contribution in [0.4, 0.5) is 5.82 Å². The second-order valence-corrected chi connectivity index (χ2v) is 7.70. The SMILES string of the molecule is Cc1cccc(N2CCC(N[C@@H]3CN(C(C)C)C[C@@H]3C)CC2)n1. The van der Waals surface area contributed by atoms with E-state index in [0.717, 1.165) is 30.5 Å². The Morgan fingerprint density at radius 2 is 1.91 bits per heavy atom. The van der Waals surface area contributed by atoms with Crippen LogP contribution < -0.4 is 10.2 Å². The van der Waals surface area contributed by atoms with Crippen LogP contribution in [-0.2, 0) is 0 Å². The van der Waals surface area contributed by atoms with E-state index in [9.17, 15) is 0 Å². The Balaban J connectivity index is 1.50. The van der Waals surface area contributed by atoms with Crippen LogP contribution in [0.25, 0.3) is 0 Å². The maximum Gasteiger partial charge on any atom is 0.128 e. The minimum absolute atomic E-state index is 0.658. The van der Waals surface area contributed by atoms with Gasteiger partial charge in [-0.15, -0.1) is 0 Å². The maximum absolute atomic E-state index is 4.67. The number of anilines is 1. The monoisotopic (exact) mass is 316 g/mol. The van der Waals surface area contributed by atoms with Crippen LogP contribution in [0, 0.1) is 12.8 Å². The van der Waals surface area contributed by atoms with E-state index in [0.29, 0.717) is 18.1 Å². The van der Waals surface area contributed by atoms with Gasteiger partial charge in [0.1, 0.15) is 5.82 Å². The Morgan fingerprint density at radius 1 is 1.17 bits per heavy atom. The molecule has 3 rings (SSSR count). The summed E-state index contributed by atoms with van der Waals surface area (Å²) < 4.78 is 0. The molecule has 0 aromatic carbocycles. The third-order valence-electron chi connectivity index (χ3n) is 5.51. The standard InChI is InChI=1S/C19H32N4/c1-14(2)23-12-15(3)18(13-23)21-17-8-10-22(11-9-17)19-7-5-6-16(4)20-19/h5-7,14-15,17-18,21H,8-13H2,1-4H3/t15-,18+/m0/s1. The maximum atomic E-state index is 4.67. The first kappa shape index (κ1) is 16.7. The number of hydrogen-bond donors (Lipinski definition) is 1. The zero-order chi connectivity index (χ0) is 16.4. The Hall–Kier alpha value is -1.13. The fourth-order valence-corrected chi connectivity index (χ4v) is 3.93. The molecule has 0 saturated carbocycles. The third-order valence-corrected chi connectivity index (χ3v) is 5.51. The number of aromatic nitrogens is 1. The molecule has 4 heteroatoms. The van der Waals surface area contributed by atoms with Crippen LogP contribution >= 0.6 is 0 Å². The summed E-state index contributed by atoms with van der Waals surface area (Å²) in [5.74, 6) is 1.90. The van der Waals surface area contributed by atoms with Crippen molar-refractivity contribution in [1.29, 1.82) is 0 Å². The second-order valence-electron chi connectivity index (χ2n) is 7.70. The number of pyridine rings is 1. The van der Waals surface area contributed by atoms with E-state index in [1.807, 2.05) is 0 Å². The predicted molar refractivity (Wildman–Crippen MR) is 97.0 cm³/mol. The summed E-state index contributed by atoms with van der Waals surface area (Å²) >= 11 is 0. The van der Waals surface area contributed by atoms with Gasteiger partial charge in [0, 0.05) is 50.0 Å². The molecule has 2 atom stereocenters. The molecule has 23 heavy (non-hydrogen) atoms. The minimum atomic E-state index is 0.658. The quantitative estimate of drug-likeness (QED) is 0.925. The number of nitrogens with one attached hydrogen (secondary N) is 1. The molecule has 1 aromatic rings. The average Bonchev–Trinajstić information content (AvgIpc) is 2.89. The Labute approximate surface area is 141 Å². The smallest absolute Gasteiger partial charge is 0.128 e. The molecule has 0 spiro atoms. The van der Waals surface area contributed by atoms with Crippen LogP contribution in [0.2, 0.25) is 0 Å². The number of piperidine rings is 1. The van der Waals surface area contributed by atoms with Crippen molar-refractivity contribution < 1.29 is 0 Å². The first-order valence-corrected chi connectivity index (χ1v) is 9.21. The van der Waals surface area contributed by atoms with Gasteiger partial charge in [-0.3, -0.25) is 4.90 Å². The Bertz CT molecular complexity index is 508. The first-order valence-electron chi connectivity index (χ1n) is 9.21. The number of hydrogen-bond acceptors (Lipinski definition) is 4. The summed E-state index contributed by atoms with van der Waals surface area (Å²) in [5, 5.41) is 3.95. The van der Waals surface area contributed by atoms with E-state index < -0.39 is 0 Å². The summed E-state index contributed by atoms with van der Waals surface area (Å²) in [6.07, 6.45) is 2.45. The summed E-state index contributed by atoms with van der Waals surface area (Å²) in [6, 6.07) is 8.31. The van der Waals surface area contributed by atoms with E-state index in [-0.39, 0.29) is 0 Å². The number of likely N-dealkylation sites (tertiary alicyclic amines) is 1. The molecule has 4 nitrogen and oxygen atoms in total. The first-order chi connectivity index (χ1) is 11.0. The zero-order valence-corrected chi connectivity index (χ0v) is 15.1. The van der Waals surface area contributed by atoms with Crippen molar-refractivity contribution in [3.63, 3.8) is 0 Å². The van der Waals surface area contributed by atoms with Crippen molar-refractivity contribution in [3.8, 4) is 0 Å². The van der Waals surface area contributed by atoms with Gasteiger partial charge >= 0.3 is 0 Å². The summed E-state index contributed by atoms with van der Waals surface area (Å²) in [5.41, 5.74) is 1.11. The average molecular weight is 316 g/mol. The highest BCUT2D eigenvalue weighted by Gasteiger charge is 2.32. The highest BCUT2D eigenvalue weighted by molar-refractivity contribution is 5.39. The minimum Gasteiger partial charge on any atom is -0.356 e. The van der Waals surface area contributed by atoms with Crippen molar-refractivity contribution >= 4 is 5.82 Å². The summed E-state index contributed by atoms with van der Waals surface area (Å²) in [7, 11) is 0. The molecule has 1 aromatic heterocycles. The summed E-state index contributed by atoms with van der Waals surface area (Å²) in [6.45, 7) is 13.8. The Morgan fingerprint density at radius 3 is 2.52 bits per heavy atom.